The minimum absolute atomic E-state index is 0.104. The lowest BCUT2D eigenvalue weighted by Gasteiger charge is -2.42. The van der Waals surface area contributed by atoms with Crippen molar-refractivity contribution < 1.29 is 5.11 Å². The first kappa shape index (κ1) is 16.2. The smallest absolute Gasteiger partial charge is 0.0610 e. The number of hydrogen-bond donors (Lipinski definition) is 2. The first-order chi connectivity index (χ1) is 9.58. The highest BCUT2D eigenvalue weighted by atomic mass is 16.3. The summed E-state index contributed by atoms with van der Waals surface area (Å²) in [4.78, 5) is 5.34. The van der Waals surface area contributed by atoms with Crippen molar-refractivity contribution in [3.8, 4) is 0 Å². The molecule has 0 aromatic carbocycles. The maximum absolute atomic E-state index is 9.55. The molecule has 0 radical (unpaired) electrons. The summed E-state index contributed by atoms with van der Waals surface area (Å²) < 4.78 is 0. The van der Waals surface area contributed by atoms with E-state index in [1.165, 1.54) is 45.4 Å². The van der Waals surface area contributed by atoms with Gasteiger partial charge in [0.1, 0.15) is 0 Å². The number of fused-ring (bicyclic) bond motifs is 1. The van der Waals surface area contributed by atoms with E-state index in [1.54, 1.807) is 0 Å². The number of nitrogens with zero attached hydrogens (tertiary/aromatic N) is 2. The Morgan fingerprint density at radius 1 is 1.35 bits per heavy atom. The van der Waals surface area contributed by atoms with Crippen LogP contribution < -0.4 is 5.32 Å². The van der Waals surface area contributed by atoms with Crippen molar-refractivity contribution in [3.63, 3.8) is 0 Å². The number of rotatable bonds is 7. The van der Waals surface area contributed by atoms with Crippen LogP contribution in [-0.4, -0.2) is 71.9 Å². The van der Waals surface area contributed by atoms with Gasteiger partial charge >= 0.3 is 0 Å². The van der Waals surface area contributed by atoms with E-state index in [4.69, 9.17) is 0 Å². The van der Waals surface area contributed by atoms with Crippen LogP contribution in [0.5, 0.6) is 0 Å². The molecule has 0 aliphatic carbocycles. The lowest BCUT2D eigenvalue weighted by atomic mass is 9.96. The van der Waals surface area contributed by atoms with E-state index in [-0.39, 0.29) is 12.1 Å². The van der Waals surface area contributed by atoms with E-state index < -0.39 is 0 Å². The van der Waals surface area contributed by atoms with Crippen molar-refractivity contribution >= 4 is 0 Å². The Morgan fingerprint density at radius 3 is 2.85 bits per heavy atom. The van der Waals surface area contributed by atoms with Crippen LogP contribution in [0.2, 0.25) is 0 Å². The van der Waals surface area contributed by atoms with Gasteiger partial charge in [0.05, 0.1) is 6.61 Å². The van der Waals surface area contributed by atoms with Crippen LogP contribution >= 0.6 is 0 Å². The molecule has 0 amide bonds. The van der Waals surface area contributed by atoms with Crippen LogP contribution in [-0.2, 0) is 0 Å². The van der Waals surface area contributed by atoms with Gasteiger partial charge in [-0.05, 0) is 59.2 Å². The summed E-state index contributed by atoms with van der Waals surface area (Å²) in [5, 5.41) is 13.0. The Kier molecular flexibility index (Phi) is 5.84. The molecule has 2 fully saturated rings. The minimum Gasteiger partial charge on any atom is -0.394 e. The SMILES string of the molecule is CCNC(C)(CO)CCCN1CC2CCCN2CC1C. The molecule has 0 saturated carbocycles. The van der Waals surface area contributed by atoms with Crippen LogP contribution in [0.1, 0.15) is 46.5 Å². The highest BCUT2D eigenvalue weighted by molar-refractivity contribution is 4.91. The predicted molar refractivity (Wildman–Crippen MR) is 84.0 cm³/mol. The molecular weight excluding hydrogens is 250 g/mol. The summed E-state index contributed by atoms with van der Waals surface area (Å²) in [5.74, 6) is 0. The van der Waals surface area contributed by atoms with E-state index in [1.807, 2.05) is 0 Å². The summed E-state index contributed by atoms with van der Waals surface area (Å²) in [5.41, 5.74) is -0.104. The third-order valence-corrected chi connectivity index (χ3v) is 5.19. The van der Waals surface area contributed by atoms with E-state index in [0.717, 1.165) is 19.0 Å². The molecule has 118 valence electrons. The monoisotopic (exact) mass is 283 g/mol. The fourth-order valence-corrected chi connectivity index (χ4v) is 3.88. The van der Waals surface area contributed by atoms with Gasteiger partial charge in [-0.2, -0.15) is 0 Å². The summed E-state index contributed by atoms with van der Waals surface area (Å²) in [6.07, 6.45) is 4.99. The molecule has 0 bridgehead atoms. The van der Waals surface area contributed by atoms with Crippen LogP contribution in [0.15, 0.2) is 0 Å². The Bertz CT molecular complexity index is 299. The van der Waals surface area contributed by atoms with Crippen LogP contribution in [0.25, 0.3) is 0 Å². The van der Waals surface area contributed by atoms with Gasteiger partial charge in [-0.1, -0.05) is 6.92 Å². The van der Waals surface area contributed by atoms with Gasteiger partial charge in [0.15, 0.2) is 0 Å². The lowest BCUT2D eigenvalue weighted by Crippen LogP contribution is -2.55. The highest BCUT2D eigenvalue weighted by Crippen LogP contribution is 2.25. The van der Waals surface area contributed by atoms with Crippen molar-refractivity contribution in [1.29, 1.82) is 0 Å². The van der Waals surface area contributed by atoms with Crippen molar-refractivity contribution in [2.45, 2.75) is 64.1 Å². The maximum Gasteiger partial charge on any atom is 0.0610 e. The molecule has 3 unspecified atom stereocenters. The zero-order valence-electron chi connectivity index (χ0n) is 13.6. The maximum atomic E-state index is 9.55. The van der Waals surface area contributed by atoms with Gasteiger partial charge in [-0.25, -0.2) is 0 Å². The molecule has 2 aliphatic rings. The molecule has 2 aliphatic heterocycles. The molecule has 4 nitrogen and oxygen atoms in total. The summed E-state index contributed by atoms with van der Waals surface area (Å²) in [7, 11) is 0. The average Bonchev–Trinajstić information content (AvgIpc) is 2.86. The molecule has 2 saturated heterocycles. The van der Waals surface area contributed by atoms with Gasteiger partial charge in [0.25, 0.3) is 0 Å². The molecule has 0 aromatic rings. The standard InChI is InChI=1S/C16H33N3O/c1-4-17-16(3,13-20)8-6-10-18-12-15-7-5-9-19(15)11-14(18)2/h14-15,17,20H,4-13H2,1-3H3. The van der Waals surface area contributed by atoms with Gasteiger partial charge in [0, 0.05) is 30.7 Å². The van der Waals surface area contributed by atoms with Crippen molar-refractivity contribution in [2.75, 3.05) is 39.3 Å². The largest absolute Gasteiger partial charge is 0.394 e. The molecule has 20 heavy (non-hydrogen) atoms. The molecule has 2 N–H and O–H groups in total. The minimum atomic E-state index is -0.104. The topological polar surface area (TPSA) is 38.7 Å². The van der Waals surface area contributed by atoms with E-state index in [0.29, 0.717) is 6.04 Å². The summed E-state index contributed by atoms with van der Waals surface area (Å²) >= 11 is 0. The Morgan fingerprint density at radius 2 is 2.15 bits per heavy atom. The van der Waals surface area contributed by atoms with E-state index in [9.17, 15) is 5.11 Å². The Balaban J connectivity index is 1.75. The van der Waals surface area contributed by atoms with Gasteiger partial charge in [-0.3, -0.25) is 9.80 Å². The fraction of sp³-hybridized carbons (Fsp3) is 1.00. The number of likely N-dealkylation sites (N-methyl/N-ethyl adjacent to an activating group) is 1. The van der Waals surface area contributed by atoms with Crippen molar-refractivity contribution in [2.24, 2.45) is 0 Å². The normalized spacial score (nSPS) is 31.2. The quantitative estimate of drug-likeness (QED) is 0.739. The first-order valence-corrected chi connectivity index (χ1v) is 8.42. The molecule has 2 heterocycles. The highest BCUT2D eigenvalue weighted by Gasteiger charge is 2.34. The molecule has 2 rings (SSSR count). The molecular formula is C16H33N3O. The third kappa shape index (κ3) is 3.94. The zero-order chi connectivity index (χ0) is 14.6. The third-order valence-electron chi connectivity index (χ3n) is 5.19. The number of hydrogen-bond acceptors (Lipinski definition) is 4. The number of aliphatic hydroxyl groups is 1. The molecule has 0 spiro atoms. The molecule has 0 aromatic heterocycles. The van der Waals surface area contributed by atoms with Gasteiger partial charge in [0.2, 0.25) is 0 Å². The Hall–Kier alpha value is -0.160. The van der Waals surface area contributed by atoms with Gasteiger partial charge < -0.3 is 10.4 Å². The van der Waals surface area contributed by atoms with Crippen molar-refractivity contribution in [3.05, 3.63) is 0 Å². The zero-order valence-corrected chi connectivity index (χ0v) is 13.6. The second-order valence-corrected chi connectivity index (χ2v) is 6.99. The van der Waals surface area contributed by atoms with Crippen LogP contribution in [0, 0.1) is 0 Å². The lowest BCUT2D eigenvalue weighted by molar-refractivity contribution is 0.0552. The number of piperazine rings is 1. The van der Waals surface area contributed by atoms with Crippen LogP contribution in [0.4, 0.5) is 0 Å². The second kappa shape index (κ2) is 7.21. The van der Waals surface area contributed by atoms with Gasteiger partial charge in [-0.15, -0.1) is 0 Å². The van der Waals surface area contributed by atoms with Crippen LogP contribution in [0.3, 0.4) is 0 Å². The van der Waals surface area contributed by atoms with E-state index in [2.05, 4.69) is 35.9 Å². The van der Waals surface area contributed by atoms with E-state index >= 15 is 0 Å². The average molecular weight is 283 g/mol. The second-order valence-electron chi connectivity index (χ2n) is 6.99. The van der Waals surface area contributed by atoms with Crippen molar-refractivity contribution in [1.82, 2.24) is 15.1 Å². The first-order valence-electron chi connectivity index (χ1n) is 8.42. The Labute approximate surface area is 124 Å². The number of nitrogens with one attached hydrogen (secondary N) is 1. The molecule has 3 atom stereocenters. The number of aliphatic hydroxyl groups excluding tert-OH is 1. The molecule has 4 heteroatoms. The fourth-order valence-electron chi connectivity index (χ4n) is 3.88. The predicted octanol–water partition coefficient (Wildman–Crippen LogP) is 1.30. The summed E-state index contributed by atoms with van der Waals surface area (Å²) in [6, 6.07) is 1.49. The summed E-state index contributed by atoms with van der Waals surface area (Å²) in [6.45, 7) is 12.7.